The van der Waals surface area contributed by atoms with Crippen molar-refractivity contribution in [2.75, 3.05) is 19.9 Å². The van der Waals surface area contributed by atoms with E-state index < -0.39 is 0 Å². The Hall–Kier alpha value is -1.94. The van der Waals surface area contributed by atoms with Crippen molar-refractivity contribution < 1.29 is 9.53 Å². The molecule has 0 saturated heterocycles. The molecule has 1 atom stereocenters. The Morgan fingerprint density at radius 3 is 2.40 bits per heavy atom. The monoisotopic (exact) mass is 357 g/mol. The third-order valence-corrected chi connectivity index (χ3v) is 5.63. The number of amides is 1. The number of hydrogen-bond acceptors (Lipinski definition) is 3. The first-order valence-electron chi connectivity index (χ1n) is 8.52. The molecule has 3 nitrogen and oxygen atoms in total. The molecule has 25 heavy (non-hydrogen) atoms. The molecule has 0 aliphatic rings. The minimum absolute atomic E-state index is 0.0463. The fourth-order valence-electron chi connectivity index (χ4n) is 2.56. The number of benzene rings is 2. The summed E-state index contributed by atoms with van der Waals surface area (Å²) in [5.74, 6) is 1.79. The van der Waals surface area contributed by atoms with E-state index in [9.17, 15) is 4.79 Å². The zero-order chi connectivity index (χ0) is 18.4. The smallest absolute Gasteiger partial charge is 0.223 e. The number of nitrogens with zero attached hydrogens (tertiary/aromatic N) is 1. The predicted molar refractivity (Wildman–Crippen MR) is 105 cm³/mol. The van der Waals surface area contributed by atoms with Crippen molar-refractivity contribution in [3.63, 3.8) is 0 Å². The van der Waals surface area contributed by atoms with Crippen LogP contribution in [0.1, 0.15) is 36.1 Å². The Balaban J connectivity index is 1.87. The van der Waals surface area contributed by atoms with Gasteiger partial charge in [0.15, 0.2) is 0 Å². The van der Waals surface area contributed by atoms with Crippen molar-refractivity contribution in [2.45, 2.75) is 38.1 Å². The number of carbonyl (C=O) groups excluding carboxylic acids is 1. The lowest BCUT2D eigenvalue weighted by molar-refractivity contribution is -0.131. The van der Waals surface area contributed by atoms with Crippen molar-refractivity contribution in [1.29, 1.82) is 0 Å². The van der Waals surface area contributed by atoms with E-state index in [1.54, 1.807) is 18.9 Å². The SMILES string of the molecule is COc1ccc(C(C)N(C)C(=O)CCSc2ccc(C)c(C)c2)cc1. The molecule has 2 aromatic carbocycles. The Morgan fingerprint density at radius 2 is 1.80 bits per heavy atom. The van der Waals surface area contributed by atoms with Crippen molar-refractivity contribution in [3.05, 3.63) is 59.2 Å². The number of thioether (sulfide) groups is 1. The predicted octanol–water partition coefficient (Wildman–Crippen LogP) is 5.01. The van der Waals surface area contributed by atoms with E-state index in [0.29, 0.717) is 6.42 Å². The lowest BCUT2D eigenvalue weighted by Crippen LogP contribution is -2.29. The van der Waals surface area contributed by atoms with E-state index in [2.05, 4.69) is 39.0 Å². The number of hydrogen-bond donors (Lipinski definition) is 0. The van der Waals surface area contributed by atoms with Crippen LogP contribution in [-0.4, -0.2) is 30.7 Å². The van der Waals surface area contributed by atoms with Gasteiger partial charge in [0.25, 0.3) is 0 Å². The van der Waals surface area contributed by atoms with Crippen molar-refractivity contribution in [3.8, 4) is 5.75 Å². The average molecular weight is 358 g/mol. The second-order valence-electron chi connectivity index (χ2n) is 6.30. The zero-order valence-electron chi connectivity index (χ0n) is 15.7. The van der Waals surface area contributed by atoms with Gasteiger partial charge in [-0.2, -0.15) is 0 Å². The standard InChI is InChI=1S/C21H27NO2S/c1-15-6-11-20(14-16(15)2)25-13-12-21(23)22(4)17(3)18-7-9-19(24-5)10-8-18/h6-11,14,17H,12-13H2,1-5H3. The van der Waals surface area contributed by atoms with Crippen molar-refractivity contribution in [2.24, 2.45) is 0 Å². The number of aryl methyl sites for hydroxylation is 2. The van der Waals surface area contributed by atoms with Crippen molar-refractivity contribution >= 4 is 17.7 Å². The molecule has 1 unspecified atom stereocenters. The van der Waals surface area contributed by atoms with Gasteiger partial charge in [0.2, 0.25) is 5.91 Å². The summed E-state index contributed by atoms with van der Waals surface area (Å²) in [4.78, 5) is 15.5. The van der Waals surface area contributed by atoms with Gasteiger partial charge in [0.1, 0.15) is 5.75 Å². The van der Waals surface area contributed by atoms with Crippen LogP contribution in [-0.2, 0) is 4.79 Å². The third-order valence-electron chi connectivity index (χ3n) is 4.64. The third kappa shape index (κ3) is 5.27. The molecule has 2 aromatic rings. The van der Waals surface area contributed by atoms with Crippen LogP contribution in [0.3, 0.4) is 0 Å². The summed E-state index contributed by atoms with van der Waals surface area (Å²) in [5.41, 5.74) is 3.70. The summed E-state index contributed by atoms with van der Waals surface area (Å²) in [5, 5.41) is 0. The largest absolute Gasteiger partial charge is 0.497 e. The molecule has 0 bridgehead atoms. The molecule has 0 aromatic heterocycles. The summed E-state index contributed by atoms with van der Waals surface area (Å²) in [7, 11) is 3.53. The van der Waals surface area contributed by atoms with Crippen LogP contribution >= 0.6 is 11.8 Å². The van der Waals surface area contributed by atoms with Crippen LogP contribution in [0.4, 0.5) is 0 Å². The number of ether oxygens (including phenoxy) is 1. The maximum Gasteiger partial charge on any atom is 0.223 e. The lowest BCUT2D eigenvalue weighted by atomic mass is 10.1. The molecule has 134 valence electrons. The molecule has 0 N–H and O–H groups in total. The zero-order valence-corrected chi connectivity index (χ0v) is 16.5. The topological polar surface area (TPSA) is 29.5 Å². The molecule has 0 radical (unpaired) electrons. The van der Waals surface area contributed by atoms with E-state index in [0.717, 1.165) is 17.1 Å². The minimum Gasteiger partial charge on any atom is -0.497 e. The highest BCUT2D eigenvalue weighted by Crippen LogP contribution is 2.24. The Kier molecular flexibility index (Phi) is 6.94. The van der Waals surface area contributed by atoms with Crippen LogP contribution in [0.5, 0.6) is 5.75 Å². The molecule has 0 fully saturated rings. The van der Waals surface area contributed by atoms with E-state index in [-0.39, 0.29) is 11.9 Å². The molecular formula is C21H27NO2S. The quantitative estimate of drug-likeness (QED) is 0.652. The Labute approximate surface area is 155 Å². The summed E-state index contributed by atoms with van der Waals surface area (Å²) >= 11 is 1.74. The van der Waals surface area contributed by atoms with Gasteiger partial charge >= 0.3 is 0 Å². The van der Waals surface area contributed by atoms with Gasteiger partial charge in [0, 0.05) is 24.1 Å². The molecule has 0 aliphatic heterocycles. The summed E-state index contributed by atoms with van der Waals surface area (Å²) < 4.78 is 5.18. The highest BCUT2D eigenvalue weighted by Gasteiger charge is 2.17. The lowest BCUT2D eigenvalue weighted by Gasteiger charge is -2.25. The first-order valence-corrected chi connectivity index (χ1v) is 9.50. The van der Waals surface area contributed by atoms with Gasteiger partial charge < -0.3 is 9.64 Å². The van der Waals surface area contributed by atoms with Gasteiger partial charge in [-0.15, -0.1) is 11.8 Å². The van der Waals surface area contributed by atoms with Gasteiger partial charge in [0.05, 0.1) is 13.2 Å². The second-order valence-corrected chi connectivity index (χ2v) is 7.47. The van der Waals surface area contributed by atoms with Gasteiger partial charge in [-0.25, -0.2) is 0 Å². The van der Waals surface area contributed by atoms with Gasteiger partial charge in [-0.1, -0.05) is 18.2 Å². The van der Waals surface area contributed by atoms with E-state index in [1.165, 1.54) is 16.0 Å². The number of methoxy groups -OCH3 is 1. The van der Waals surface area contributed by atoms with Gasteiger partial charge in [-0.05, 0) is 61.7 Å². The summed E-state index contributed by atoms with van der Waals surface area (Å²) in [6.45, 7) is 6.29. The Morgan fingerprint density at radius 1 is 1.12 bits per heavy atom. The fourth-order valence-corrected chi connectivity index (χ4v) is 3.50. The van der Waals surface area contributed by atoms with Crippen molar-refractivity contribution in [1.82, 2.24) is 4.90 Å². The molecular weight excluding hydrogens is 330 g/mol. The van der Waals surface area contributed by atoms with E-state index in [1.807, 2.05) is 36.2 Å². The second kappa shape index (κ2) is 8.95. The van der Waals surface area contributed by atoms with Crippen LogP contribution < -0.4 is 4.74 Å². The van der Waals surface area contributed by atoms with Crippen LogP contribution in [0, 0.1) is 13.8 Å². The normalized spacial score (nSPS) is 11.9. The number of carbonyl (C=O) groups is 1. The van der Waals surface area contributed by atoms with Crippen LogP contribution in [0.15, 0.2) is 47.4 Å². The molecule has 2 rings (SSSR count). The maximum absolute atomic E-state index is 12.5. The summed E-state index contributed by atoms with van der Waals surface area (Å²) in [6, 6.07) is 14.4. The van der Waals surface area contributed by atoms with Crippen LogP contribution in [0.2, 0.25) is 0 Å². The number of rotatable bonds is 7. The highest BCUT2D eigenvalue weighted by atomic mass is 32.2. The van der Waals surface area contributed by atoms with Gasteiger partial charge in [-0.3, -0.25) is 4.79 Å². The maximum atomic E-state index is 12.5. The summed E-state index contributed by atoms with van der Waals surface area (Å²) in [6.07, 6.45) is 0.536. The average Bonchev–Trinajstić information content (AvgIpc) is 2.63. The molecule has 0 spiro atoms. The first-order chi connectivity index (χ1) is 11.9. The van der Waals surface area contributed by atoms with E-state index in [4.69, 9.17) is 4.74 Å². The van der Waals surface area contributed by atoms with E-state index >= 15 is 0 Å². The minimum atomic E-state index is 0.0463. The van der Waals surface area contributed by atoms with Crippen LogP contribution in [0.25, 0.3) is 0 Å². The Bertz CT molecular complexity index is 712. The molecule has 0 heterocycles. The first kappa shape index (κ1) is 19.4. The molecule has 1 amide bonds. The fraction of sp³-hybridized carbons (Fsp3) is 0.381. The highest BCUT2D eigenvalue weighted by molar-refractivity contribution is 7.99. The molecule has 0 aliphatic carbocycles. The molecule has 0 saturated carbocycles. The molecule has 4 heteroatoms.